The SMILES string of the molecule is COc1ccc(On2cc(C(=O)O)nn2)cn1. The summed E-state index contributed by atoms with van der Waals surface area (Å²) in [7, 11) is 1.50. The van der Waals surface area contributed by atoms with Crippen molar-refractivity contribution in [3.8, 4) is 11.6 Å². The van der Waals surface area contributed by atoms with Gasteiger partial charge >= 0.3 is 5.97 Å². The van der Waals surface area contributed by atoms with Gasteiger partial charge in [0.15, 0.2) is 11.4 Å². The highest BCUT2D eigenvalue weighted by Crippen LogP contribution is 2.13. The Hall–Kier alpha value is -2.64. The van der Waals surface area contributed by atoms with Gasteiger partial charge in [0.2, 0.25) is 5.88 Å². The normalized spacial score (nSPS) is 9.94. The predicted molar refractivity (Wildman–Crippen MR) is 53.8 cm³/mol. The molecule has 2 rings (SSSR count). The Morgan fingerprint density at radius 3 is 2.82 bits per heavy atom. The van der Waals surface area contributed by atoms with E-state index in [0.29, 0.717) is 11.6 Å². The highest BCUT2D eigenvalue weighted by molar-refractivity contribution is 5.84. The average molecular weight is 236 g/mol. The second-order valence-corrected chi connectivity index (χ2v) is 2.94. The number of methoxy groups -OCH3 is 1. The Labute approximate surface area is 95.4 Å². The van der Waals surface area contributed by atoms with Crippen molar-refractivity contribution in [2.45, 2.75) is 0 Å². The predicted octanol–water partition coefficient (Wildman–Crippen LogP) is 0.222. The van der Waals surface area contributed by atoms with E-state index in [4.69, 9.17) is 14.7 Å². The number of rotatable bonds is 4. The first-order valence-electron chi connectivity index (χ1n) is 4.53. The Morgan fingerprint density at radius 2 is 2.29 bits per heavy atom. The minimum atomic E-state index is -1.17. The molecular formula is C9H8N4O4. The quantitative estimate of drug-likeness (QED) is 0.810. The highest BCUT2D eigenvalue weighted by atomic mass is 16.7. The van der Waals surface area contributed by atoms with Crippen molar-refractivity contribution in [3.05, 3.63) is 30.2 Å². The van der Waals surface area contributed by atoms with E-state index >= 15 is 0 Å². The summed E-state index contributed by atoms with van der Waals surface area (Å²) in [6, 6.07) is 3.21. The molecular weight excluding hydrogens is 228 g/mol. The van der Waals surface area contributed by atoms with Crippen molar-refractivity contribution in [2.75, 3.05) is 7.11 Å². The van der Waals surface area contributed by atoms with Crippen LogP contribution < -0.4 is 9.57 Å². The van der Waals surface area contributed by atoms with Gasteiger partial charge in [0.1, 0.15) is 6.20 Å². The zero-order valence-electron chi connectivity index (χ0n) is 8.77. The molecule has 1 N–H and O–H groups in total. The number of aromatic carboxylic acids is 1. The lowest BCUT2D eigenvalue weighted by Crippen LogP contribution is -2.06. The highest BCUT2D eigenvalue weighted by Gasteiger charge is 2.09. The van der Waals surface area contributed by atoms with Crippen LogP contribution in [-0.4, -0.2) is 38.3 Å². The molecule has 8 nitrogen and oxygen atoms in total. The number of hydrogen-bond donors (Lipinski definition) is 1. The topological polar surface area (TPSA) is 99.4 Å². The minimum Gasteiger partial charge on any atom is -0.481 e. The third-order valence-electron chi connectivity index (χ3n) is 1.81. The summed E-state index contributed by atoms with van der Waals surface area (Å²) in [6.45, 7) is 0. The standard InChI is InChI=1S/C9H8N4O4/c1-16-8-3-2-6(4-10-8)17-13-5-7(9(14)15)11-12-13/h2-5H,1H3,(H,14,15). The fourth-order valence-electron chi connectivity index (χ4n) is 1.04. The Bertz CT molecular complexity index is 522. The van der Waals surface area contributed by atoms with Crippen LogP contribution in [0.5, 0.6) is 11.6 Å². The van der Waals surface area contributed by atoms with Crippen LogP contribution in [-0.2, 0) is 0 Å². The van der Waals surface area contributed by atoms with Crippen LogP contribution >= 0.6 is 0 Å². The first-order valence-corrected chi connectivity index (χ1v) is 4.53. The zero-order valence-corrected chi connectivity index (χ0v) is 8.77. The molecule has 2 aromatic heterocycles. The first kappa shape index (κ1) is 10.9. The van der Waals surface area contributed by atoms with E-state index in [1.165, 1.54) is 13.3 Å². The van der Waals surface area contributed by atoms with Crippen molar-refractivity contribution in [3.63, 3.8) is 0 Å². The fourth-order valence-corrected chi connectivity index (χ4v) is 1.04. The van der Waals surface area contributed by atoms with Gasteiger partial charge in [-0.3, -0.25) is 0 Å². The number of hydrogen-bond acceptors (Lipinski definition) is 6. The van der Waals surface area contributed by atoms with Gasteiger partial charge in [-0.1, -0.05) is 4.85 Å². The number of aromatic nitrogens is 4. The molecule has 0 spiro atoms. The molecule has 0 amide bonds. The van der Waals surface area contributed by atoms with E-state index in [1.54, 1.807) is 12.1 Å². The molecule has 0 aliphatic rings. The Kier molecular flexibility index (Phi) is 2.86. The lowest BCUT2D eigenvalue weighted by atomic mass is 10.4. The number of ether oxygens (including phenoxy) is 1. The minimum absolute atomic E-state index is 0.202. The lowest BCUT2D eigenvalue weighted by Gasteiger charge is -2.03. The van der Waals surface area contributed by atoms with Crippen LogP contribution in [0.4, 0.5) is 0 Å². The van der Waals surface area contributed by atoms with Crippen LogP contribution in [0.1, 0.15) is 10.5 Å². The van der Waals surface area contributed by atoms with Gasteiger partial charge in [-0.2, -0.15) is 0 Å². The van der Waals surface area contributed by atoms with E-state index in [-0.39, 0.29) is 5.69 Å². The summed E-state index contributed by atoms with van der Waals surface area (Å²) in [5.74, 6) is -0.345. The maximum Gasteiger partial charge on any atom is 0.358 e. The summed E-state index contributed by atoms with van der Waals surface area (Å²) in [5, 5.41) is 15.5. The molecule has 2 heterocycles. The van der Waals surface area contributed by atoms with Gasteiger partial charge in [-0.25, -0.2) is 9.78 Å². The third-order valence-corrected chi connectivity index (χ3v) is 1.81. The van der Waals surface area contributed by atoms with Gasteiger partial charge in [0.05, 0.1) is 13.3 Å². The zero-order chi connectivity index (χ0) is 12.3. The molecule has 0 saturated heterocycles. The van der Waals surface area contributed by atoms with Gasteiger partial charge in [0, 0.05) is 6.07 Å². The molecule has 17 heavy (non-hydrogen) atoms. The molecule has 0 atom stereocenters. The number of pyridine rings is 1. The van der Waals surface area contributed by atoms with Crippen LogP contribution in [0, 0.1) is 0 Å². The van der Waals surface area contributed by atoms with Crippen LogP contribution in [0.2, 0.25) is 0 Å². The van der Waals surface area contributed by atoms with Crippen LogP contribution in [0.25, 0.3) is 0 Å². The molecule has 0 bridgehead atoms. The molecule has 8 heteroatoms. The monoisotopic (exact) mass is 236 g/mol. The van der Waals surface area contributed by atoms with E-state index in [1.807, 2.05) is 0 Å². The number of nitrogens with zero attached hydrogens (tertiary/aromatic N) is 4. The average Bonchev–Trinajstić information content (AvgIpc) is 2.79. The largest absolute Gasteiger partial charge is 0.481 e. The van der Waals surface area contributed by atoms with E-state index in [2.05, 4.69) is 15.3 Å². The summed E-state index contributed by atoms with van der Waals surface area (Å²) in [5.41, 5.74) is -0.202. The summed E-state index contributed by atoms with van der Waals surface area (Å²) in [6.07, 6.45) is 2.56. The molecule has 0 aliphatic carbocycles. The third kappa shape index (κ3) is 2.48. The van der Waals surface area contributed by atoms with Crippen molar-refractivity contribution in [2.24, 2.45) is 0 Å². The number of carbonyl (C=O) groups is 1. The molecule has 0 aromatic carbocycles. The summed E-state index contributed by atoms with van der Waals surface area (Å²) in [4.78, 5) is 20.6. The van der Waals surface area contributed by atoms with Gasteiger partial charge in [0.25, 0.3) is 0 Å². The molecule has 0 fully saturated rings. The Morgan fingerprint density at radius 1 is 1.47 bits per heavy atom. The number of carboxylic acids is 1. The van der Waals surface area contributed by atoms with Gasteiger partial charge < -0.3 is 14.7 Å². The maximum absolute atomic E-state index is 10.5. The molecule has 0 unspecified atom stereocenters. The van der Waals surface area contributed by atoms with Crippen LogP contribution in [0.3, 0.4) is 0 Å². The molecule has 2 aromatic rings. The molecule has 0 saturated carbocycles. The fraction of sp³-hybridized carbons (Fsp3) is 0.111. The van der Waals surface area contributed by atoms with E-state index < -0.39 is 5.97 Å². The molecule has 88 valence electrons. The first-order chi connectivity index (χ1) is 8.19. The second kappa shape index (κ2) is 4.47. The van der Waals surface area contributed by atoms with Crippen LogP contribution in [0.15, 0.2) is 24.5 Å². The second-order valence-electron chi connectivity index (χ2n) is 2.94. The number of carboxylic acid groups (broad SMARTS) is 1. The Balaban J connectivity index is 2.11. The van der Waals surface area contributed by atoms with Gasteiger partial charge in [-0.05, 0) is 11.3 Å². The van der Waals surface area contributed by atoms with E-state index in [0.717, 1.165) is 11.0 Å². The molecule has 0 radical (unpaired) electrons. The van der Waals surface area contributed by atoms with Crippen molar-refractivity contribution in [1.82, 2.24) is 20.1 Å². The van der Waals surface area contributed by atoms with Crippen molar-refractivity contribution < 1.29 is 19.5 Å². The van der Waals surface area contributed by atoms with E-state index in [9.17, 15) is 4.79 Å². The lowest BCUT2D eigenvalue weighted by molar-refractivity contribution is 0.0690. The molecule has 0 aliphatic heterocycles. The summed E-state index contributed by atoms with van der Waals surface area (Å²) >= 11 is 0. The maximum atomic E-state index is 10.5. The van der Waals surface area contributed by atoms with Crippen molar-refractivity contribution in [1.29, 1.82) is 0 Å². The summed E-state index contributed by atoms with van der Waals surface area (Å²) < 4.78 is 4.88. The smallest absolute Gasteiger partial charge is 0.358 e. The van der Waals surface area contributed by atoms with Crippen molar-refractivity contribution >= 4 is 5.97 Å². The van der Waals surface area contributed by atoms with Gasteiger partial charge in [-0.15, -0.1) is 5.10 Å².